The molecular weight excluding hydrogens is 521 g/mol. The van der Waals surface area contributed by atoms with E-state index in [0.717, 1.165) is 16.6 Å². The van der Waals surface area contributed by atoms with Gasteiger partial charge >= 0.3 is 0 Å². The molecule has 0 bridgehead atoms. The third-order valence-corrected chi connectivity index (χ3v) is 5.30. The van der Waals surface area contributed by atoms with Gasteiger partial charge in [0, 0.05) is 4.47 Å². The van der Waals surface area contributed by atoms with E-state index in [4.69, 9.17) is 51.8 Å². The number of hydrogen-bond donors (Lipinski definition) is 3. The van der Waals surface area contributed by atoms with Gasteiger partial charge in [0.2, 0.25) is 3.79 Å². The van der Waals surface area contributed by atoms with Crippen molar-refractivity contribution in [1.82, 2.24) is 10.6 Å². The van der Waals surface area contributed by atoms with Gasteiger partial charge in [-0.1, -0.05) is 66.0 Å². The normalized spacial score (nSPS) is 12.0. The number of thiocarbonyl (C=S) groups is 1. The fraction of sp³-hybridized carbons (Fsp3) is 0.263. The molecule has 5 nitrogen and oxygen atoms in total. The number of carbonyl (C=O) groups excluding carboxylic acids is 1. The monoisotopic (exact) mass is 537 g/mol. The average Bonchev–Trinajstić information content (AvgIpc) is 2.67. The van der Waals surface area contributed by atoms with Gasteiger partial charge in [0.25, 0.3) is 5.91 Å². The Hall–Kier alpha value is -1.25. The molecule has 1 amide bonds. The number of halogens is 4. The van der Waals surface area contributed by atoms with E-state index in [1.54, 1.807) is 12.1 Å². The Morgan fingerprint density at radius 2 is 1.79 bits per heavy atom. The summed E-state index contributed by atoms with van der Waals surface area (Å²) in [6.07, 6.45) is -0.154. The molecule has 2 aromatic rings. The number of carbonyl (C=O) groups is 1. The molecule has 0 spiro atoms. The highest BCUT2D eigenvalue weighted by Gasteiger charge is 2.34. The molecule has 0 saturated carbocycles. The van der Waals surface area contributed by atoms with Crippen LogP contribution in [0.1, 0.15) is 12.5 Å². The van der Waals surface area contributed by atoms with Crippen molar-refractivity contribution < 1.29 is 9.53 Å². The lowest BCUT2D eigenvalue weighted by Gasteiger charge is -2.27. The standard InChI is InChI=1S/C19H19BrCl3N3O2S/c1-2-12-7-9-13(10-8-12)28-11-16(27)25-17(19(21,22)23)26-18(29)24-15-6-4-3-5-14(15)20/h3-10,17H,2,11H2,1H3,(H,25,27)(H2,24,26,29). The molecule has 0 aliphatic carbocycles. The highest BCUT2D eigenvalue weighted by atomic mass is 79.9. The van der Waals surface area contributed by atoms with Crippen LogP contribution in [0.25, 0.3) is 0 Å². The Kier molecular flexibility index (Phi) is 9.30. The van der Waals surface area contributed by atoms with Gasteiger partial charge in [0.1, 0.15) is 11.9 Å². The second kappa shape index (κ2) is 11.2. The molecule has 0 saturated heterocycles. The maximum Gasteiger partial charge on any atom is 0.259 e. The number of hydrogen-bond acceptors (Lipinski definition) is 3. The Balaban J connectivity index is 1.92. The van der Waals surface area contributed by atoms with Crippen LogP contribution in [-0.4, -0.2) is 27.6 Å². The van der Waals surface area contributed by atoms with Gasteiger partial charge in [-0.25, -0.2) is 0 Å². The van der Waals surface area contributed by atoms with E-state index in [1.165, 1.54) is 5.56 Å². The fourth-order valence-corrected chi connectivity index (χ4v) is 3.16. The van der Waals surface area contributed by atoms with Gasteiger partial charge in [-0.05, 0) is 64.4 Å². The molecule has 10 heteroatoms. The Labute approximate surface area is 198 Å². The van der Waals surface area contributed by atoms with Gasteiger partial charge in [-0.2, -0.15) is 0 Å². The summed E-state index contributed by atoms with van der Waals surface area (Å²) in [5.74, 6) is 0.0962. The van der Waals surface area contributed by atoms with Crippen molar-refractivity contribution in [3.05, 3.63) is 58.6 Å². The Morgan fingerprint density at radius 3 is 2.38 bits per heavy atom. The summed E-state index contributed by atoms with van der Waals surface area (Å²) in [6.45, 7) is 1.82. The molecule has 29 heavy (non-hydrogen) atoms. The first-order valence-electron chi connectivity index (χ1n) is 8.59. The second-order valence-electron chi connectivity index (χ2n) is 5.91. The first kappa shape index (κ1) is 24.0. The predicted molar refractivity (Wildman–Crippen MR) is 127 cm³/mol. The molecular formula is C19H19BrCl3N3O2S. The van der Waals surface area contributed by atoms with Gasteiger partial charge in [-0.3, -0.25) is 4.79 Å². The average molecular weight is 540 g/mol. The zero-order valence-corrected chi connectivity index (χ0v) is 20.0. The van der Waals surface area contributed by atoms with Crippen LogP contribution in [0.3, 0.4) is 0 Å². The molecule has 2 aromatic carbocycles. The fourth-order valence-electron chi connectivity index (χ4n) is 2.22. The number of rotatable bonds is 7. The molecule has 2 rings (SSSR count). The second-order valence-corrected chi connectivity index (χ2v) is 9.54. The summed E-state index contributed by atoms with van der Waals surface area (Å²) < 4.78 is 4.43. The molecule has 1 unspecified atom stereocenters. The summed E-state index contributed by atoms with van der Waals surface area (Å²) in [7, 11) is 0. The Morgan fingerprint density at radius 1 is 1.14 bits per heavy atom. The molecule has 0 aliphatic rings. The van der Waals surface area contributed by atoms with E-state index in [-0.39, 0.29) is 11.7 Å². The van der Waals surface area contributed by atoms with E-state index < -0.39 is 15.9 Å². The minimum atomic E-state index is -1.85. The van der Waals surface area contributed by atoms with Crippen molar-refractivity contribution in [3.63, 3.8) is 0 Å². The van der Waals surface area contributed by atoms with Gasteiger partial charge in [-0.15, -0.1) is 0 Å². The van der Waals surface area contributed by atoms with Crippen LogP contribution in [0.15, 0.2) is 53.0 Å². The van der Waals surface area contributed by atoms with Crippen LogP contribution >= 0.6 is 63.0 Å². The predicted octanol–water partition coefficient (Wildman–Crippen LogP) is 5.19. The topological polar surface area (TPSA) is 62.4 Å². The van der Waals surface area contributed by atoms with Crippen molar-refractivity contribution in [1.29, 1.82) is 0 Å². The van der Waals surface area contributed by atoms with Gasteiger partial charge < -0.3 is 20.7 Å². The van der Waals surface area contributed by atoms with Crippen molar-refractivity contribution in [3.8, 4) is 5.75 Å². The smallest absolute Gasteiger partial charge is 0.259 e. The van der Waals surface area contributed by atoms with Crippen LogP contribution in [0.2, 0.25) is 0 Å². The SMILES string of the molecule is CCc1ccc(OCC(=O)NC(NC(=S)Nc2ccccc2Br)C(Cl)(Cl)Cl)cc1. The Bertz CT molecular complexity index is 847. The number of nitrogens with one attached hydrogen (secondary N) is 3. The summed E-state index contributed by atoms with van der Waals surface area (Å²) in [5.41, 5.74) is 1.89. The number of alkyl halides is 3. The minimum absolute atomic E-state index is 0.171. The van der Waals surface area contributed by atoms with Crippen LogP contribution in [0.5, 0.6) is 5.75 Å². The van der Waals surface area contributed by atoms with E-state index in [0.29, 0.717) is 5.75 Å². The molecule has 3 N–H and O–H groups in total. The number of aryl methyl sites for hydroxylation is 1. The largest absolute Gasteiger partial charge is 0.484 e. The number of amides is 1. The summed E-state index contributed by atoms with van der Waals surface area (Å²) in [5, 5.41) is 8.50. The van der Waals surface area contributed by atoms with E-state index in [1.807, 2.05) is 36.4 Å². The summed E-state index contributed by atoms with van der Waals surface area (Å²) in [6, 6.07) is 14.8. The summed E-state index contributed by atoms with van der Waals surface area (Å²) in [4.78, 5) is 12.3. The molecule has 0 radical (unpaired) electrons. The van der Waals surface area contributed by atoms with Crippen LogP contribution in [0, 0.1) is 0 Å². The molecule has 0 aromatic heterocycles. The maximum atomic E-state index is 12.3. The number of para-hydroxylation sites is 1. The van der Waals surface area contributed by atoms with Crippen LogP contribution in [-0.2, 0) is 11.2 Å². The lowest BCUT2D eigenvalue weighted by molar-refractivity contribution is -0.123. The quantitative estimate of drug-likeness (QED) is 0.257. The maximum absolute atomic E-state index is 12.3. The highest BCUT2D eigenvalue weighted by molar-refractivity contribution is 9.10. The zero-order chi connectivity index (χ0) is 21.4. The number of ether oxygens (including phenoxy) is 1. The van der Waals surface area contributed by atoms with E-state index in [2.05, 4.69) is 38.8 Å². The summed E-state index contributed by atoms with van der Waals surface area (Å²) >= 11 is 26.6. The molecule has 0 fully saturated rings. The lowest BCUT2D eigenvalue weighted by Crippen LogP contribution is -2.57. The van der Waals surface area contributed by atoms with Crippen molar-refractivity contribution in [2.24, 2.45) is 0 Å². The zero-order valence-electron chi connectivity index (χ0n) is 15.3. The molecule has 0 aliphatic heterocycles. The number of benzene rings is 2. The third kappa shape index (κ3) is 8.18. The van der Waals surface area contributed by atoms with Crippen molar-refractivity contribution in [2.75, 3.05) is 11.9 Å². The van der Waals surface area contributed by atoms with E-state index in [9.17, 15) is 4.79 Å². The van der Waals surface area contributed by atoms with Gasteiger partial charge in [0.15, 0.2) is 11.7 Å². The first-order valence-corrected chi connectivity index (χ1v) is 10.9. The third-order valence-electron chi connectivity index (χ3n) is 3.73. The first-order chi connectivity index (χ1) is 13.7. The van der Waals surface area contributed by atoms with Crippen LogP contribution in [0.4, 0.5) is 5.69 Å². The number of anilines is 1. The molecule has 156 valence electrons. The molecule has 0 heterocycles. The van der Waals surface area contributed by atoms with Crippen molar-refractivity contribution >= 4 is 79.7 Å². The van der Waals surface area contributed by atoms with Crippen LogP contribution < -0.4 is 20.7 Å². The lowest BCUT2D eigenvalue weighted by atomic mass is 10.2. The van der Waals surface area contributed by atoms with Crippen molar-refractivity contribution in [2.45, 2.75) is 23.3 Å². The minimum Gasteiger partial charge on any atom is -0.484 e. The molecule has 1 atom stereocenters. The highest BCUT2D eigenvalue weighted by Crippen LogP contribution is 2.29. The van der Waals surface area contributed by atoms with E-state index >= 15 is 0 Å². The van der Waals surface area contributed by atoms with Gasteiger partial charge in [0.05, 0.1) is 5.69 Å².